The standard InChI is InChI=1S/C17H29N/c1-12(2)7-9-15(5)18-16(6)17-10-8-13(3)11-14(17)4/h8,10-12,15-16,18H,7,9H2,1-6H3. The maximum atomic E-state index is 3.71. The summed E-state index contributed by atoms with van der Waals surface area (Å²) in [5.74, 6) is 0.797. The lowest BCUT2D eigenvalue weighted by Crippen LogP contribution is -2.29. The minimum atomic E-state index is 0.438. The first kappa shape index (κ1) is 15.2. The van der Waals surface area contributed by atoms with Crippen molar-refractivity contribution in [1.82, 2.24) is 5.32 Å². The van der Waals surface area contributed by atoms with E-state index in [4.69, 9.17) is 0 Å². The van der Waals surface area contributed by atoms with E-state index < -0.39 is 0 Å². The summed E-state index contributed by atoms with van der Waals surface area (Å²) in [5, 5.41) is 3.71. The summed E-state index contributed by atoms with van der Waals surface area (Å²) in [6.45, 7) is 13.5. The molecule has 102 valence electrons. The molecule has 0 saturated carbocycles. The van der Waals surface area contributed by atoms with E-state index in [1.807, 2.05) is 0 Å². The second-order valence-electron chi connectivity index (χ2n) is 6.12. The first-order valence-corrected chi connectivity index (χ1v) is 7.23. The lowest BCUT2D eigenvalue weighted by atomic mass is 9.98. The predicted molar refractivity (Wildman–Crippen MR) is 81.0 cm³/mol. The molecular weight excluding hydrogens is 218 g/mol. The zero-order chi connectivity index (χ0) is 13.7. The van der Waals surface area contributed by atoms with Crippen LogP contribution in [0.4, 0.5) is 0 Å². The molecule has 0 radical (unpaired) electrons. The van der Waals surface area contributed by atoms with Gasteiger partial charge in [-0.05, 0) is 57.6 Å². The summed E-state index contributed by atoms with van der Waals surface area (Å²) in [4.78, 5) is 0. The molecule has 0 bridgehead atoms. The molecule has 1 aromatic rings. The normalized spacial score (nSPS) is 14.8. The van der Waals surface area contributed by atoms with E-state index >= 15 is 0 Å². The molecule has 1 rings (SSSR count). The Morgan fingerprint density at radius 2 is 1.67 bits per heavy atom. The van der Waals surface area contributed by atoms with Gasteiger partial charge in [-0.3, -0.25) is 0 Å². The van der Waals surface area contributed by atoms with E-state index in [0.29, 0.717) is 12.1 Å². The smallest absolute Gasteiger partial charge is 0.0296 e. The van der Waals surface area contributed by atoms with Gasteiger partial charge in [0.2, 0.25) is 0 Å². The number of aryl methyl sites for hydroxylation is 2. The van der Waals surface area contributed by atoms with Gasteiger partial charge in [0, 0.05) is 12.1 Å². The number of rotatable bonds is 6. The average molecular weight is 247 g/mol. The molecule has 0 fully saturated rings. The van der Waals surface area contributed by atoms with E-state index in [1.165, 1.54) is 29.5 Å². The molecule has 1 aromatic carbocycles. The summed E-state index contributed by atoms with van der Waals surface area (Å²) in [5.41, 5.74) is 4.17. The van der Waals surface area contributed by atoms with Gasteiger partial charge in [-0.2, -0.15) is 0 Å². The Balaban J connectivity index is 2.56. The Bertz CT molecular complexity index is 368. The molecule has 1 heteroatoms. The summed E-state index contributed by atoms with van der Waals surface area (Å²) in [6.07, 6.45) is 2.56. The highest BCUT2D eigenvalue weighted by Crippen LogP contribution is 2.20. The van der Waals surface area contributed by atoms with Crippen molar-refractivity contribution in [2.45, 2.75) is 66.5 Å². The molecule has 0 aliphatic heterocycles. The molecule has 2 unspecified atom stereocenters. The highest BCUT2D eigenvalue weighted by Gasteiger charge is 2.11. The van der Waals surface area contributed by atoms with Crippen LogP contribution in [0.1, 0.15) is 63.3 Å². The largest absolute Gasteiger partial charge is 0.308 e. The van der Waals surface area contributed by atoms with E-state index in [-0.39, 0.29) is 0 Å². The number of nitrogens with one attached hydrogen (secondary N) is 1. The summed E-state index contributed by atoms with van der Waals surface area (Å²) < 4.78 is 0. The monoisotopic (exact) mass is 247 g/mol. The van der Waals surface area contributed by atoms with Crippen LogP contribution >= 0.6 is 0 Å². The third-order valence-corrected chi connectivity index (χ3v) is 3.60. The molecule has 1 nitrogen and oxygen atoms in total. The molecule has 18 heavy (non-hydrogen) atoms. The Morgan fingerprint density at radius 3 is 2.22 bits per heavy atom. The second kappa shape index (κ2) is 6.94. The van der Waals surface area contributed by atoms with Crippen molar-refractivity contribution in [3.8, 4) is 0 Å². The van der Waals surface area contributed by atoms with E-state index in [2.05, 4.69) is 65.1 Å². The zero-order valence-corrected chi connectivity index (χ0v) is 12.9. The maximum absolute atomic E-state index is 3.71. The molecule has 0 saturated heterocycles. The zero-order valence-electron chi connectivity index (χ0n) is 12.9. The number of hydrogen-bond acceptors (Lipinski definition) is 1. The highest BCUT2D eigenvalue weighted by molar-refractivity contribution is 5.32. The Labute approximate surface area is 113 Å². The minimum Gasteiger partial charge on any atom is -0.308 e. The van der Waals surface area contributed by atoms with Gasteiger partial charge >= 0.3 is 0 Å². The Kier molecular flexibility index (Phi) is 5.87. The van der Waals surface area contributed by atoms with E-state index in [1.54, 1.807) is 0 Å². The van der Waals surface area contributed by atoms with Crippen LogP contribution in [0, 0.1) is 19.8 Å². The fourth-order valence-electron chi connectivity index (χ4n) is 2.49. The van der Waals surface area contributed by atoms with Crippen LogP contribution in [-0.4, -0.2) is 6.04 Å². The van der Waals surface area contributed by atoms with Crippen LogP contribution in [0.2, 0.25) is 0 Å². The quantitative estimate of drug-likeness (QED) is 0.763. The lowest BCUT2D eigenvalue weighted by molar-refractivity contribution is 0.416. The molecular formula is C17H29N. The van der Waals surface area contributed by atoms with Gasteiger partial charge in [-0.1, -0.05) is 37.6 Å². The molecule has 0 spiro atoms. The highest BCUT2D eigenvalue weighted by atomic mass is 14.9. The van der Waals surface area contributed by atoms with Gasteiger partial charge in [0.1, 0.15) is 0 Å². The van der Waals surface area contributed by atoms with Crippen molar-refractivity contribution in [2.24, 2.45) is 5.92 Å². The Hall–Kier alpha value is -0.820. The first-order chi connectivity index (χ1) is 8.40. The third kappa shape index (κ3) is 4.81. The van der Waals surface area contributed by atoms with Crippen LogP contribution in [0.25, 0.3) is 0 Å². The number of benzene rings is 1. The summed E-state index contributed by atoms with van der Waals surface area (Å²) in [7, 11) is 0. The fourth-order valence-corrected chi connectivity index (χ4v) is 2.49. The summed E-state index contributed by atoms with van der Waals surface area (Å²) >= 11 is 0. The molecule has 0 amide bonds. The molecule has 1 N–H and O–H groups in total. The van der Waals surface area contributed by atoms with Crippen molar-refractivity contribution in [3.05, 3.63) is 34.9 Å². The molecule has 0 heterocycles. The lowest BCUT2D eigenvalue weighted by Gasteiger charge is -2.22. The van der Waals surface area contributed by atoms with Gasteiger partial charge in [0.25, 0.3) is 0 Å². The van der Waals surface area contributed by atoms with Crippen LogP contribution in [-0.2, 0) is 0 Å². The van der Waals surface area contributed by atoms with E-state index in [0.717, 1.165) is 5.92 Å². The first-order valence-electron chi connectivity index (χ1n) is 7.23. The second-order valence-corrected chi connectivity index (χ2v) is 6.12. The van der Waals surface area contributed by atoms with Crippen molar-refractivity contribution >= 4 is 0 Å². The predicted octanol–water partition coefficient (Wildman–Crippen LogP) is 4.78. The maximum Gasteiger partial charge on any atom is 0.0296 e. The van der Waals surface area contributed by atoms with Crippen molar-refractivity contribution in [1.29, 1.82) is 0 Å². The number of hydrogen-bond donors (Lipinski definition) is 1. The van der Waals surface area contributed by atoms with Gasteiger partial charge in [0.05, 0.1) is 0 Å². The average Bonchev–Trinajstić information content (AvgIpc) is 2.26. The van der Waals surface area contributed by atoms with Crippen LogP contribution in [0.3, 0.4) is 0 Å². The summed E-state index contributed by atoms with van der Waals surface area (Å²) in [6, 6.07) is 7.76. The van der Waals surface area contributed by atoms with E-state index in [9.17, 15) is 0 Å². The molecule has 0 aliphatic carbocycles. The van der Waals surface area contributed by atoms with Crippen LogP contribution in [0.5, 0.6) is 0 Å². The third-order valence-electron chi connectivity index (χ3n) is 3.60. The molecule has 0 aromatic heterocycles. The van der Waals surface area contributed by atoms with Gasteiger partial charge < -0.3 is 5.32 Å². The van der Waals surface area contributed by atoms with Crippen molar-refractivity contribution in [2.75, 3.05) is 0 Å². The molecule has 2 atom stereocenters. The molecule has 0 aliphatic rings. The van der Waals surface area contributed by atoms with Gasteiger partial charge in [0.15, 0.2) is 0 Å². The SMILES string of the molecule is Cc1ccc(C(C)NC(C)CCC(C)C)c(C)c1. The minimum absolute atomic E-state index is 0.438. The van der Waals surface area contributed by atoms with Crippen molar-refractivity contribution in [3.63, 3.8) is 0 Å². The Morgan fingerprint density at radius 1 is 1.00 bits per heavy atom. The fraction of sp³-hybridized carbons (Fsp3) is 0.647. The topological polar surface area (TPSA) is 12.0 Å². The van der Waals surface area contributed by atoms with Gasteiger partial charge in [-0.25, -0.2) is 0 Å². The van der Waals surface area contributed by atoms with Crippen molar-refractivity contribution < 1.29 is 0 Å². The van der Waals surface area contributed by atoms with Gasteiger partial charge in [-0.15, -0.1) is 0 Å². The van der Waals surface area contributed by atoms with Crippen LogP contribution in [0.15, 0.2) is 18.2 Å². The van der Waals surface area contributed by atoms with Crippen LogP contribution < -0.4 is 5.32 Å².